The van der Waals surface area contributed by atoms with Crippen molar-refractivity contribution >= 4 is 41.4 Å². The summed E-state index contributed by atoms with van der Waals surface area (Å²) in [6, 6.07) is 14.6. The standard InChI is InChI=1S/C29H36N4O4/c1-29(2,3)37-28(36)33-19-5-7-25(33)27(35)32-23-16-12-21(13-17-23)9-8-20-10-14-22(15-11-20)31-26(34)24-6-4-18-30-24/h8-17,24-25,30H,4-7,18-19H2,1-3H3,(H,31,34)(H,32,35)/t24-,25-/m0/s1. The minimum atomic E-state index is -0.602. The first-order valence-electron chi connectivity index (χ1n) is 12.9. The Labute approximate surface area is 218 Å². The van der Waals surface area contributed by atoms with Crippen LogP contribution >= 0.6 is 0 Å². The first-order valence-corrected chi connectivity index (χ1v) is 12.9. The average Bonchev–Trinajstić information content (AvgIpc) is 3.56. The van der Waals surface area contributed by atoms with E-state index in [0.717, 1.165) is 42.6 Å². The van der Waals surface area contributed by atoms with Crippen LogP contribution in [0, 0.1) is 0 Å². The summed E-state index contributed by atoms with van der Waals surface area (Å²) in [6.07, 6.45) is 6.82. The summed E-state index contributed by atoms with van der Waals surface area (Å²) in [5.74, 6) is -0.194. The fourth-order valence-electron chi connectivity index (χ4n) is 4.49. The molecule has 2 aliphatic heterocycles. The highest BCUT2D eigenvalue weighted by atomic mass is 16.6. The number of carbonyl (C=O) groups is 3. The number of hydrogen-bond donors (Lipinski definition) is 3. The summed E-state index contributed by atoms with van der Waals surface area (Å²) in [4.78, 5) is 39.1. The lowest BCUT2D eigenvalue weighted by atomic mass is 10.1. The van der Waals surface area contributed by atoms with Crippen LogP contribution in [0.4, 0.5) is 16.2 Å². The molecule has 2 aromatic rings. The third-order valence-corrected chi connectivity index (χ3v) is 6.38. The van der Waals surface area contributed by atoms with Crippen LogP contribution in [0.25, 0.3) is 12.2 Å². The molecule has 0 bridgehead atoms. The number of hydrogen-bond acceptors (Lipinski definition) is 5. The van der Waals surface area contributed by atoms with Crippen LogP contribution in [-0.4, -0.2) is 53.6 Å². The Hall–Kier alpha value is -3.65. The monoisotopic (exact) mass is 504 g/mol. The second kappa shape index (κ2) is 11.6. The van der Waals surface area contributed by atoms with Gasteiger partial charge in [0, 0.05) is 17.9 Å². The summed E-state index contributed by atoms with van der Waals surface area (Å²) in [7, 11) is 0. The third kappa shape index (κ3) is 7.43. The first kappa shape index (κ1) is 26.4. The summed E-state index contributed by atoms with van der Waals surface area (Å²) in [6.45, 7) is 6.85. The van der Waals surface area contributed by atoms with Gasteiger partial charge in [0.1, 0.15) is 11.6 Å². The van der Waals surface area contributed by atoms with Gasteiger partial charge in [-0.2, -0.15) is 0 Å². The van der Waals surface area contributed by atoms with E-state index < -0.39 is 17.7 Å². The highest BCUT2D eigenvalue weighted by Crippen LogP contribution is 2.23. The number of likely N-dealkylation sites (tertiary alicyclic amines) is 1. The Balaban J connectivity index is 1.29. The lowest BCUT2D eigenvalue weighted by Crippen LogP contribution is -2.45. The first-order chi connectivity index (χ1) is 17.7. The molecule has 8 heteroatoms. The fourth-order valence-corrected chi connectivity index (χ4v) is 4.49. The Kier molecular flexibility index (Phi) is 8.28. The van der Waals surface area contributed by atoms with E-state index in [-0.39, 0.29) is 17.9 Å². The zero-order valence-corrected chi connectivity index (χ0v) is 21.8. The molecular formula is C29H36N4O4. The lowest BCUT2D eigenvalue weighted by Gasteiger charge is -2.28. The van der Waals surface area contributed by atoms with E-state index >= 15 is 0 Å². The number of nitrogens with zero attached hydrogens (tertiary/aromatic N) is 1. The molecule has 0 spiro atoms. The van der Waals surface area contributed by atoms with Crippen molar-refractivity contribution in [3.05, 3.63) is 59.7 Å². The molecule has 8 nitrogen and oxygen atoms in total. The van der Waals surface area contributed by atoms with E-state index in [4.69, 9.17) is 4.74 Å². The van der Waals surface area contributed by atoms with Gasteiger partial charge < -0.3 is 20.7 Å². The van der Waals surface area contributed by atoms with Crippen molar-refractivity contribution in [1.82, 2.24) is 10.2 Å². The van der Waals surface area contributed by atoms with E-state index in [9.17, 15) is 14.4 Å². The number of carbonyl (C=O) groups excluding carboxylic acids is 3. The van der Waals surface area contributed by atoms with E-state index in [1.165, 1.54) is 4.90 Å². The SMILES string of the molecule is CC(C)(C)OC(=O)N1CCC[C@H]1C(=O)Nc1ccc(C=Cc2ccc(NC(=O)[C@@H]3CCCN3)cc2)cc1. The zero-order valence-electron chi connectivity index (χ0n) is 21.8. The molecule has 0 radical (unpaired) electrons. The van der Waals surface area contributed by atoms with E-state index in [1.54, 1.807) is 0 Å². The number of ether oxygens (including phenoxy) is 1. The molecule has 0 aliphatic carbocycles. The lowest BCUT2D eigenvalue weighted by molar-refractivity contribution is -0.120. The van der Waals surface area contributed by atoms with Gasteiger partial charge >= 0.3 is 6.09 Å². The van der Waals surface area contributed by atoms with Gasteiger partial charge in [-0.05, 0) is 88.4 Å². The van der Waals surface area contributed by atoms with Crippen molar-refractivity contribution in [2.45, 2.75) is 64.1 Å². The maximum Gasteiger partial charge on any atom is 0.410 e. The van der Waals surface area contributed by atoms with Crippen molar-refractivity contribution in [2.75, 3.05) is 23.7 Å². The molecule has 4 rings (SSSR count). The predicted molar refractivity (Wildman–Crippen MR) is 146 cm³/mol. The van der Waals surface area contributed by atoms with Gasteiger partial charge in [0.25, 0.3) is 0 Å². The Bertz CT molecular complexity index is 1130. The molecule has 2 fully saturated rings. The zero-order chi connectivity index (χ0) is 26.4. The van der Waals surface area contributed by atoms with Crippen molar-refractivity contribution in [1.29, 1.82) is 0 Å². The van der Waals surface area contributed by atoms with Gasteiger partial charge in [-0.1, -0.05) is 36.4 Å². The number of benzene rings is 2. The van der Waals surface area contributed by atoms with Crippen LogP contribution in [0.5, 0.6) is 0 Å². The van der Waals surface area contributed by atoms with Crippen LogP contribution in [0.15, 0.2) is 48.5 Å². The van der Waals surface area contributed by atoms with Crippen molar-refractivity contribution in [3.8, 4) is 0 Å². The molecule has 0 saturated carbocycles. The minimum absolute atomic E-state index is 0.0125. The second-order valence-electron chi connectivity index (χ2n) is 10.5. The van der Waals surface area contributed by atoms with Gasteiger partial charge in [0.05, 0.1) is 6.04 Å². The predicted octanol–water partition coefficient (Wildman–Crippen LogP) is 4.89. The normalized spacial score (nSPS) is 19.7. The Morgan fingerprint density at radius 1 is 0.865 bits per heavy atom. The fraction of sp³-hybridized carbons (Fsp3) is 0.414. The van der Waals surface area contributed by atoms with E-state index in [0.29, 0.717) is 18.7 Å². The summed E-state index contributed by atoms with van der Waals surface area (Å²) in [5.41, 5.74) is 2.85. The Morgan fingerprint density at radius 3 is 1.95 bits per heavy atom. The van der Waals surface area contributed by atoms with Crippen molar-refractivity contribution in [3.63, 3.8) is 0 Å². The summed E-state index contributed by atoms with van der Waals surface area (Å²) in [5, 5.41) is 9.08. The number of anilines is 2. The van der Waals surface area contributed by atoms with Crippen LogP contribution in [-0.2, 0) is 14.3 Å². The molecule has 2 saturated heterocycles. The summed E-state index contributed by atoms with van der Waals surface area (Å²) >= 11 is 0. The maximum absolute atomic E-state index is 12.9. The van der Waals surface area contributed by atoms with Gasteiger partial charge in [-0.3, -0.25) is 14.5 Å². The number of rotatable bonds is 6. The molecule has 3 N–H and O–H groups in total. The van der Waals surface area contributed by atoms with E-state index in [2.05, 4.69) is 16.0 Å². The average molecular weight is 505 g/mol. The van der Waals surface area contributed by atoms with Crippen LogP contribution in [0.2, 0.25) is 0 Å². The number of amides is 3. The van der Waals surface area contributed by atoms with Gasteiger partial charge in [0.15, 0.2) is 0 Å². The molecule has 3 amide bonds. The highest BCUT2D eigenvalue weighted by molar-refractivity contribution is 5.97. The van der Waals surface area contributed by atoms with Crippen LogP contribution in [0.1, 0.15) is 57.6 Å². The third-order valence-electron chi connectivity index (χ3n) is 6.38. The van der Waals surface area contributed by atoms with Gasteiger partial charge in [-0.25, -0.2) is 4.79 Å². The van der Waals surface area contributed by atoms with Gasteiger partial charge in [0.2, 0.25) is 11.8 Å². The topological polar surface area (TPSA) is 99.8 Å². The molecule has 196 valence electrons. The highest BCUT2D eigenvalue weighted by Gasteiger charge is 2.36. The van der Waals surface area contributed by atoms with Crippen LogP contribution in [0.3, 0.4) is 0 Å². The Morgan fingerprint density at radius 2 is 1.43 bits per heavy atom. The molecule has 2 aliphatic rings. The summed E-state index contributed by atoms with van der Waals surface area (Å²) < 4.78 is 5.45. The molecule has 0 unspecified atom stereocenters. The quantitative estimate of drug-likeness (QED) is 0.487. The molecular weight excluding hydrogens is 468 g/mol. The second-order valence-corrected chi connectivity index (χ2v) is 10.5. The van der Waals surface area contributed by atoms with Crippen LogP contribution < -0.4 is 16.0 Å². The van der Waals surface area contributed by atoms with Gasteiger partial charge in [-0.15, -0.1) is 0 Å². The van der Waals surface area contributed by atoms with Crippen molar-refractivity contribution in [2.24, 2.45) is 0 Å². The molecule has 2 aromatic carbocycles. The molecule has 37 heavy (non-hydrogen) atoms. The molecule has 0 aromatic heterocycles. The largest absolute Gasteiger partial charge is 0.444 e. The smallest absolute Gasteiger partial charge is 0.410 e. The molecule has 2 atom stereocenters. The maximum atomic E-state index is 12.9. The minimum Gasteiger partial charge on any atom is -0.444 e. The van der Waals surface area contributed by atoms with E-state index in [1.807, 2.05) is 81.5 Å². The van der Waals surface area contributed by atoms with Crippen molar-refractivity contribution < 1.29 is 19.1 Å². The molecule has 2 heterocycles. The number of nitrogens with one attached hydrogen (secondary N) is 3.